The monoisotopic (exact) mass is 555 g/mol. The van der Waals surface area contributed by atoms with Gasteiger partial charge in [0.05, 0.1) is 12.1 Å². The van der Waals surface area contributed by atoms with Gasteiger partial charge in [-0.2, -0.15) is 13.2 Å². The van der Waals surface area contributed by atoms with Crippen LogP contribution in [0, 0.1) is 5.92 Å². The molecular weight excluding hydrogens is 522 g/mol. The summed E-state index contributed by atoms with van der Waals surface area (Å²) < 4.78 is 38.5. The molecule has 1 aliphatic heterocycles. The van der Waals surface area contributed by atoms with Gasteiger partial charge in [0.15, 0.2) is 5.96 Å². The first-order valence-corrected chi connectivity index (χ1v) is 10.5. The number of aliphatic imine (C=N–C) groups is 1. The lowest BCUT2D eigenvalue weighted by Gasteiger charge is -2.30. The van der Waals surface area contributed by atoms with E-state index in [0.717, 1.165) is 64.0 Å². The molecule has 1 fully saturated rings. The molecule has 0 radical (unpaired) electrons. The second-order valence-corrected chi connectivity index (χ2v) is 7.55. The number of hydrogen-bond acceptors (Lipinski definition) is 3. The van der Waals surface area contributed by atoms with Crippen LogP contribution >= 0.6 is 24.0 Å². The molecule has 2 rings (SSSR count). The third-order valence-corrected chi connectivity index (χ3v) is 5.20. The number of carbonyl (C=O) groups is 1. The van der Waals surface area contributed by atoms with Crippen LogP contribution in [0.2, 0.25) is 0 Å². The Morgan fingerprint density at radius 1 is 1.23 bits per heavy atom. The van der Waals surface area contributed by atoms with E-state index in [-0.39, 0.29) is 42.3 Å². The van der Waals surface area contributed by atoms with E-state index in [1.807, 2.05) is 6.92 Å². The van der Waals surface area contributed by atoms with Crippen LogP contribution in [0.4, 0.5) is 13.2 Å². The van der Waals surface area contributed by atoms with Crippen LogP contribution in [-0.2, 0) is 17.5 Å². The Kier molecular flexibility index (Phi) is 12.2. The highest BCUT2D eigenvalue weighted by molar-refractivity contribution is 14.0. The van der Waals surface area contributed by atoms with Gasteiger partial charge in [-0.05, 0) is 69.9 Å². The molecule has 1 aliphatic rings. The predicted octanol–water partition coefficient (Wildman–Crippen LogP) is 3.36. The highest BCUT2D eigenvalue weighted by atomic mass is 127. The molecule has 31 heavy (non-hydrogen) atoms. The van der Waals surface area contributed by atoms with Crippen molar-refractivity contribution >= 4 is 35.8 Å². The van der Waals surface area contributed by atoms with Gasteiger partial charge in [-0.3, -0.25) is 4.79 Å². The molecule has 1 amide bonds. The number of guanidine groups is 1. The molecule has 0 unspecified atom stereocenters. The summed E-state index contributed by atoms with van der Waals surface area (Å²) in [7, 11) is 0. The zero-order valence-electron chi connectivity index (χ0n) is 17.9. The number of halogens is 4. The van der Waals surface area contributed by atoms with E-state index in [1.165, 1.54) is 6.07 Å². The fourth-order valence-electron chi connectivity index (χ4n) is 3.47. The van der Waals surface area contributed by atoms with Crippen molar-refractivity contribution in [1.29, 1.82) is 0 Å². The van der Waals surface area contributed by atoms with Gasteiger partial charge in [0, 0.05) is 19.0 Å². The average Bonchev–Trinajstić information content (AvgIpc) is 2.71. The van der Waals surface area contributed by atoms with Crippen LogP contribution in [0.1, 0.15) is 43.7 Å². The van der Waals surface area contributed by atoms with Crippen LogP contribution in [-0.4, -0.2) is 49.5 Å². The number of nitrogens with one attached hydrogen (secondary N) is 2. The van der Waals surface area contributed by atoms with Crippen molar-refractivity contribution < 1.29 is 18.0 Å². The van der Waals surface area contributed by atoms with E-state index in [0.29, 0.717) is 18.1 Å². The maximum atomic E-state index is 12.8. The van der Waals surface area contributed by atoms with Crippen molar-refractivity contribution in [3.63, 3.8) is 0 Å². The van der Waals surface area contributed by atoms with Crippen molar-refractivity contribution in [3.8, 4) is 0 Å². The number of hydrogen-bond donors (Lipinski definition) is 3. The minimum absolute atomic E-state index is 0. The number of unbranched alkanes of at least 4 members (excludes halogenated alkanes) is 1. The van der Waals surface area contributed by atoms with Crippen LogP contribution < -0.4 is 16.4 Å². The summed E-state index contributed by atoms with van der Waals surface area (Å²) in [6.07, 6.45) is -0.719. The van der Waals surface area contributed by atoms with Gasteiger partial charge in [0.1, 0.15) is 0 Å². The molecule has 1 heterocycles. The molecule has 1 aromatic carbocycles. The number of nitrogens with two attached hydrogens (primary N) is 1. The average molecular weight is 555 g/mol. The normalized spacial score (nSPS) is 15.9. The second kappa shape index (κ2) is 13.8. The SMILES string of the molecule is CCNC(=NCc1cccc(C(F)(F)F)c1)NCCCCN1CCC(C(N)=O)CC1.I. The molecule has 10 heteroatoms. The van der Waals surface area contributed by atoms with E-state index < -0.39 is 11.7 Å². The minimum atomic E-state index is -4.35. The van der Waals surface area contributed by atoms with Gasteiger partial charge in [0.25, 0.3) is 0 Å². The second-order valence-electron chi connectivity index (χ2n) is 7.55. The van der Waals surface area contributed by atoms with E-state index in [9.17, 15) is 18.0 Å². The Bertz CT molecular complexity index is 707. The van der Waals surface area contributed by atoms with Crippen molar-refractivity contribution in [1.82, 2.24) is 15.5 Å². The zero-order chi connectivity index (χ0) is 22.0. The number of primary amides is 1. The molecule has 176 valence electrons. The lowest BCUT2D eigenvalue weighted by molar-refractivity contribution is -0.137. The predicted molar refractivity (Wildman–Crippen MR) is 127 cm³/mol. The lowest BCUT2D eigenvalue weighted by atomic mass is 9.96. The van der Waals surface area contributed by atoms with E-state index in [2.05, 4.69) is 20.5 Å². The van der Waals surface area contributed by atoms with Gasteiger partial charge in [-0.25, -0.2) is 4.99 Å². The molecule has 0 spiro atoms. The molecule has 0 atom stereocenters. The number of carbonyl (C=O) groups excluding carboxylic acids is 1. The third-order valence-electron chi connectivity index (χ3n) is 5.20. The Labute approximate surface area is 199 Å². The number of alkyl halides is 3. The molecule has 0 aromatic heterocycles. The van der Waals surface area contributed by atoms with Crippen LogP contribution in [0.3, 0.4) is 0 Å². The molecular formula is C21H33F3IN5O. The maximum absolute atomic E-state index is 12.8. The number of piperidine rings is 1. The van der Waals surface area contributed by atoms with Gasteiger partial charge < -0.3 is 21.3 Å². The van der Waals surface area contributed by atoms with Gasteiger partial charge in [-0.15, -0.1) is 24.0 Å². The number of benzene rings is 1. The minimum Gasteiger partial charge on any atom is -0.369 e. The molecule has 1 aromatic rings. The molecule has 4 N–H and O–H groups in total. The molecule has 1 saturated heterocycles. The largest absolute Gasteiger partial charge is 0.416 e. The summed E-state index contributed by atoms with van der Waals surface area (Å²) in [5, 5.41) is 6.35. The number of amides is 1. The molecule has 0 bridgehead atoms. The standard InChI is InChI=1S/C21H32F3N5O.HI/c1-2-26-20(28-15-16-6-5-7-18(14-16)21(22,23)24)27-10-3-4-11-29-12-8-17(9-13-29)19(25)30;/h5-7,14,17H,2-4,8-13,15H2,1H3,(H2,25,30)(H2,26,27,28);1H. The fourth-order valence-corrected chi connectivity index (χ4v) is 3.47. The van der Waals surface area contributed by atoms with Crippen molar-refractivity contribution in [2.24, 2.45) is 16.6 Å². The van der Waals surface area contributed by atoms with Crippen molar-refractivity contribution in [2.45, 2.75) is 45.3 Å². The molecule has 0 aliphatic carbocycles. The zero-order valence-corrected chi connectivity index (χ0v) is 20.2. The lowest BCUT2D eigenvalue weighted by Crippen LogP contribution is -2.39. The summed E-state index contributed by atoms with van der Waals surface area (Å²) in [5.74, 6) is 0.412. The molecule has 0 saturated carbocycles. The molecule has 6 nitrogen and oxygen atoms in total. The van der Waals surface area contributed by atoms with E-state index >= 15 is 0 Å². The van der Waals surface area contributed by atoms with Crippen molar-refractivity contribution in [2.75, 3.05) is 32.7 Å². The maximum Gasteiger partial charge on any atom is 0.416 e. The smallest absolute Gasteiger partial charge is 0.369 e. The number of rotatable bonds is 9. The summed E-state index contributed by atoms with van der Waals surface area (Å²) in [4.78, 5) is 18.0. The highest BCUT2D eigenvalue weighted by Crippen LogP contribution is 2.29. The van der Waals surface area contributed by atoms with Gasteiger partial charge >= 0.3 is 6.18 Å². The Balaban J connectivity index is 0.00000480. The number of likely N-dealkylation sites (tertiary alicyclic amines) is 1. The first-order valence-electron chi connectivity index (χ1n) is 10.5. The summed E-state index contributed by atoms with van der Waals surface area (Å²) in [6.45, 7) is 6.30. The van der Waals surface area contributed by atoms with Crippen LogP contribution in [0.15, 0.2) is 29.3 Å². The quantitative estimate of drug-likeness (QED) is 0.189. The Morgan fingerprint density at radius 2 is 1.94 bits per heavy atom. The van der Waals surface area contributed by atoms with E-state index in [4.69, 9.17) is 5.73 Å². The third kappa shape index (κ3) is 10.1. The first-order chi connectivity index (χ1) is 14.3. The summed E-state index contributed by atoms with van der Waals surface area (Å²) in [6, 6.07) is 5.24. The van der Waals surface area contributed by atoms with E-state index in [1.54, 1.807) is 6.07 Å². The van der Waals surface area contributed by atoms with Crippen LogP contribution in [0.5, 0.6) is 0 Å². The topological polar surface area (TPSA) is 82.8 Å². The van der Waals surface area contributed by atoms with Crippen molar-refractivity contribution in [3.05, 3.63) is 35.4 Å². The Morgan fingerprint density at radius 3 is 2.55 bits per heavy atom. The van der Waals surface area contributed by atoms with Crippen LogP contribution in [0.25, 0.3) is 0 Å². The van der Waals surface area contributed by atoms with Gasteiger partial charge in [0.2, 0.25) is 5.91 Å². The number of nitrogens with zero attached hydrogens (tertiary/aromatic N) is 2. The highest BCUT2D eigenvalue weighted by Gasteiger charge is 2.30. The summed E-state index contributed by atoms with van der Waals surface area (Å²) in [5.41, 5.74) is 5.22. The first kappa shape index (κ1) is 27.5. The fraction of sp³-hybridized carbons (Fsp3) is 0.619. The summed E-state index contributed by atoms with van der Waals surface area (Å²) >= 11 is 0. The van der Waals surface area contributed by atoms with Gasteiger partial charge in [-0.1, -0.05) is 12.1 Å². The Hall–Kier alpha value is -1.56.